The van der Waals surface area contributed by atoms with Gasteiger partial charge in [-0.3, -0.25) is 0 Å². The standard InChI is InChI=1S/C17H25N5O2S/c18-16-15(25(23,24)21-11-5-2-6-12-21)14-17(20-10-9-19-14)22(16)13-7-3-1-4-8-13/h9-10,13H,1-8,11-12,18H2. The van der Waals surface area contributed by atoms with Crippen molar-refractivity contribution in [1.82, 2.24) is 18.8 Å². The fourth-order valence-electron chi connectivity index (χ4n) is 4.21. The maximum absolute atomic E-state index is 13.3. The number of sulfonamides is 1. The average Bonchev–Trinajstić information content (AvgIpc) is 2.95. The summed E-state index contributed by atoms with van der Waals surface area (Å²) in [5.74, 6) is 0.304. The zero-order valence-corrected chi connectivity index (χ0v) is 15.2. The summed E-state index contributed by atoms with van der Waals surface area (Å²) >= 11 is 0. The molecule has 2 fully saturated rings. The molecule has 1 aliphatic heterocycles. The van der Waals surface area contributed by atoms with Crippen molar-refractivity contribution in [3.8, 4) is 0 Å². The minimum atomic E-state index is -3.65. The minimum absolute atomic E-state index is 0.156. The third-order valence-corrected chi connectivity index (χ3v) is 7.43. The number of anilines is 1. The largest absolute Gasteiger partial charge is 0.384 e. The van der Waals surface area contributed by atoms with Gasteiger partial charge >= 0.3 is 0 Å². The summed E-state index contributed by atoms with van der Waals surface area (Å²) in [7, 11) is -3.65. The average molecular weight is 363 g/mol. The number of nitrogens with two attached hydrogens (primary N) is 1. The van der Waals surface area contributed by atoms with E-state index in [9.17, 15) is 8.42 Å². The maximum atomic E-state index is 13.3. The number of aromatic nitrogens is 3. The minimum Gasteiger partial charge on any atom is -0.384 e. The molecular formula is C17H25N5O2S. The Labute approximate surface area is 148 Å². The van der Waals surface area contributed by atoms with E-state index in [0.29, 0.717) is 30.1 Å². The van der Waals surface area contributed by atoms with Crippen LogP contribution in [0.25, 0.3) is 11.2 Å². The molecule has 0 amide bonds. The van der Waals surface area contributed by atoms with Crippen molar-refractivity contribution >= 4 is 27.0 Å². The van der Waals surface area contributed by atoms with E-state index >= 15 is 0 Å². The van der Waals surface area contributed by atoms with Gasteiger partial charge in [0.1, 0.15) is 11.3 Å². The molecule has 1 saturated heterocycles. The van der Waals surface area contributed by atoms with E-state index in [4.69, 9.17) is 5.73 Å². The van der Waals surface area contributed by atoms with Crippen LogP contribution in [0.1, 0.15) is 57.4 Å². The fourth-order valence-corrected chi connectivity index (χ4v) is 5.96. The van der Waals surface area contributed by atoms with Gasteiger partial charge in [-0.25, -0.2) is 18.4 Å². The highest BCUT2D eigenvalue weighted by Gasteiger charge is 2.35. The highest BCUT2D eigenvalue weighted by molar-refractivity contribution is 7.89. The van der Waals surface area contributed by atoms with Gasteiger partial charge in [0.2, 0.25) is 10.0 Å². The molecule has 2 aromatic heterocycles. The normalized spacial score (nSPS) is 21.0. The summed E-state index contributed by atoms with van der Waals surface area (Å²) in [5, 5.41) is 0. The second-order valence-corrected chi connectivity index (χ2v) is 8.94. The number of hydrogen-bond acceptors (Lipinski definition) is 5. The van der Waals surface area contributed by atoms with Gasteiger partial charge < -0.3 is 10.3 Å². The van der Waals surface area contributed by atoms with Crippen molar-refractivity contribution in [2.45, 2.75) is 62.3 Å². The third kappa shape index (κ3) is 2.81. The molecule has 0 unspecified atom stereocenters. The lowest BCUT2D eigenvalue weighted by molar-refractivity contribution is 0.346. The molecule has 0 aromatic carbocycles. The fraction of sp³-hybridized carbons (Fsp3) is 0.647. The van der Waals surface area contributed by atoms with Crippen LogP contribution in [0.4, 0.5) is 5.82 Å². The van der Waals surface area contributed by atoms with Gasteiger partial charge in [-0.15, -0.1) is 0 Å². The van der Waals surface area contributed by atoms with Crippen LogP contribution in [0.2, 0.25) is 0 Å². The molecule has 2 N–H and O–H groups in total. The summed E-state index contributed by atoms with van der Waals surface area (Å²) < 4.78 is 30.1. The van der Waals surface area contributed by atoms with Crippen molar-refractivity contribution in [2.24, 2.45) is 0 Å². The van der Waals surface area contributed by atoms with Crippen molar-refractivity contribution < 1.29 is 8.42 Å². The second kappa shape index (κ2) is 6.57. The summed E-state index contributed by atoms with van der Waals surface area (Å²) in [6, 6.07) is 0.207. The summed E-state index contributed by atoms with van der Waals surface area (Å²) in [4.78, 5) is 8.94. The molecule has 0 atom stereocenters. The molecule has 3 heterocycles. The van der Waals surface area contributed by atoms with Crippen molar-refractivity contribution in [2.75, 3.05) is 18.8 Å². The summed E-state index contributed by atoms with van der Waals surface area (Å²) in [6.07, 6.45) is 11.5. The van der Waals surface area contributed by atoms with E-state index < -0.39 is 10.0 Å². The Balaban J connectivity index is 1.88. The Morgan fingerprint density at radius 2 is 1.60 bits per heavy atom. The van der Waals surface area contributed by atoms with Gasteiger partial charge in [0.25, 0.3) is 0 Å². The van der Waals surface area contributed by atoms with Gasteiger partial charge in [-0.1, -0.05) is 25.7 Å². The van der Waals surface area contributed by atoms with E-state index in [1.165, 1.54) is 6.42 Å². The van der Waals surface area contributed by atoms with E-state index in [2.05, 4.69) is 9.97 Å². The van der Waals surface area contributed by atoms with Crippen molar-refractivity contribution in [3.05, 3.63) is 12.4 Å². The lowest BCUT2D eigenvalue weighted by Gasteiger charge is -2.27. The lowest BCUT2D eigenvalue weighted by Crippen LogP contribution is -2.36. The molecule has 2 aliphatic rings. The van der Waals surface area contributed by atoms with Crippen LogP contribution in [0, 0.1) is 0 Å². The van der Waals surface area contributed by atoms with Crippen LogP contribution in [-0.2, 0) is 10.0 Å². The van der Waals surface area contributed by atoms with E-state index in [-0.39, 0.29) is 10.9 Å². The number of nitrogens with zero attached hydrogens (tertiary/aromatic N) is 4. The molecule has 0 spiro atoms. The topological polar surface area (TPSA) is 94.1 Å². The van der Waals surface area contributed by atoms with Crippen LogP contribution < -0.4 is 5.73 Å². The van der Waals surface area contributed by atoms with E-state index in [1.54, 1.807) is 16.7 Å². The predicted octanol–water partition coefficient (Wildman–Crippen LogP) is 2.69. The molecule has 2 aromatic rings. The number of fused-ring (bicyclic) bond motifs is 1. The zero-order valence-electron chi connectivity index (χ0n) is 14.4. The number of nitrogen functional groups attached to an aromatic ring is 1. The Hall–Kier alpha value is -1.67. The molecule has 8 heteroatoms. The van der Waals surface area contributed by atoms with Gasteiger partial charge in [0.05, 0.1) is 0 Å². The highest BCUT2D eigenvalue weighted by Crippen LogP contribution is 2.39. The van der Waals surface area contributed by atoms with Gasteiger partial charge in [0, 0.05) is 31.5 Å². The first kappa shape index (κ1) is 16.8. The van der Waals surface area contributed by atoms with Crippen LogP contribution >= 0.6 is 0 Å². The summed E-state index contributed by atoms with van der Waals surface area (Å²) in [5.41, 5.74) is 7.43. The quantitative estimate of drug-likeness (QED) is 0.905. The maximum Gasteiger partial charge on any atom is 0.248 e. The first-order valence-corrected chi connectivity index (χ1v) is 10.7. The molecule has 0 bridgehead atoms. The molecule has 1 aliphatic carbocycles. The molecule has 7 nitrogen and oxygen atoms in total. The Morgan fingerprint density at radius 3 is 2.32 bits per heavy atom. The third-order valence-electron chi connectivity index (χ3n) is 5.47. The van der Waals surface area contributed by atoms with Crippen LogP contribution in [0.3, 0.4) is 0 Å². The van der Waals surface area contributed by atoms with Crippen molar-refractivity contribution in [3.63, 3.8) is 0 Å². The molecular weight excluding hydrogens is 338 g/mol. The highest BCUT2D eigenvalue weighted by atomic mass is 32.2. The Bertz CT molecular complexity index is 865. The number of rotatable bonds is 3. The Kier molecular flexibility index (Phi) is 4.41. The SMILES string of the molecule is Nc1c(S(=O)(=O)N2CCCCC2)c2nccnc2n1C1CCCCC1. The Morgan fingerprint density at radius 1 is 0.960 bits per heavy atom. The van der Waals surface area contributed by atoms with Crippen LogP contribution in [0.5, 0.6) is 0 Å². The number of hydrogen-bond donors (Lipinski definition) is 1. The van der Waals surface area contributed by atoms with E-state index in [0.717, 1.165) is 44.9 Å². The molecule has 0 radical (unpaired) electrons. The van der Waals surface area contributed by atoms with Gasteiger partial charge in [-0.05, 0) is 25.7 Å². The first-order valence-electron chi connectivity index (χ1n) is 9.21. The molecule has 136 valence electrons. The van der Waals surface area contributed by atoms with Gasteiger partial charge in [-0.2, -0.15) is 4.31 Å². The molecule has 25 heavy (non-hydrogen) atoms. The first-order chi connectivity index (χ1) is 12.1. The summed E-state index contributed by atoms with van der Waals surface area (Å²) in [6.45, 7) is 1.11. The number of piperidine rings is 1. The molecule has 1 saturated carbocycles. The molecule has 4 rings (SSSR count). The zero-order chi connectivity index (χ0) is 17.4. The van der Waals surface area contributed by atoms with Gasteiger partial charge in [0.15, 0.2) is 10.5 Å². The van der Waals surface area contributed by atoms with Crippen LogP contribution in [0.15, 0.2) is 17.3 Å². The van der Waals surface area contributed by atoms with Crippen molar-refractivity contribution in [1.29, 1.82) is 0 Å². The lowest BCUT2D eigenvalue weighted by atomic mass is 9.95. The monoisotopic (exact) mass is 363 g/mol. The van der Waals surface area contributed by atoms with Crippen LogP contribution in [-0.4, -0.2) is 40.3 Å². The van der Waals surface area contributed by atoms with E-state index in [1.807, 2.05) is 4.57 Å². The predicted molar refractivity (Wildman–Crippen MR) is 96.7 cm³/mol. The smallest absolute Gasteiger partial charge is 0.248 e. The second-order valence-electron chi connectivity index (χ2n) is 7.07.